The number of amides is 1. The van der Waals surface area contributed by atoms with Gasteiger partial charge in [-0.05, 0) is 6.92 Å². The highest BCUT2D eigenvalue weighted by Crippen LogP contribution is 2.17. The second-order valence-electron chi connectivity index (χ2n) is 7.48. The van der Waals surface area contributed by atoms with E-state index < -0.39 is 0 Å². The quantitative estimate of drug-likeness (QED) is 0.483. The zero-order valence-electron chi connectivity index (χ0n) is 16.9. The van der Waals surface area contributed by atoms with Gasteiger partial charge in [-0.1, -0.05) is 35.0 Å². The molecule has 0 aliphatic carbocycles. The van der Waals surface area contributed by atoms with Gasteiger partial charge < -0.3 is 9.42 Å². The molecule has 0 spiro atoms. The predicted octanol–water partition coefficient (Wildman–Crippen LogP) is 2.07. The first kappa shape index (κ1) is 19.6. The predicted molar refractivity (Wildman–Crippen MR) is 115 cm³/mol. The van der Waals surface area contributed by atoms with Crippen molar-refractivity contribution in [3.05, 3.63) is 69.4 Å². The molecule has 0 radical (unpaired) electrons. The molecule has 0 bridgehead atoms. The summed E-state index contributed by atoms with van der Waals surface area (Å²) in [5, 5.41) is 5.85. The number of thiazole rings is 1. The van der Waals surface area contributed by atoms with Crippen molar-refractivity contribution in [3.63, 3.8) is 0 Å². The van der Waals surface area contributed by atoms with Crippen LogP contribution in [0.25, 0.3) is 16.3 Å². The van der Waals surface area contributed by atoms with Crippen LogP contribution >= 0.6 is 11.3 Å². The van der Waals surface area contributed by atoms with E-state index >= 15 is 0 Å². The number of piperazine rings is 1. The van der Waals surface area contributed by atoms with E-state index in [-0.39, 0.29) is 17.0 Å². The smallest absolute Gasteiger partial charge is 0.271 e. The van der Waals surface area contributed by atoms with Crippen LogP contribution in [0.5, 0.6) is 0 Å². The fourth-order valence-corrected chi connectivity index (χ4v) is 4.26. The first-order valence-corrected chi connectivity index (χ1v) is 10.8. The monoisotopic (exact) mass is 436 g/mol. The van der Waals surface area contributed by atoms with Crippen molar-refractivity contribution >= 4 is 22.2 Å². The Bertz CT molecular complexity index is 1280. The minimum Gasteiger partial charge on any atom is -0.338 e. The van der Waals surface area contributed by atoms with Gasteiger partial charge in [0.05, 0.1) is 6.54 Å². The molecule has 1 aliphatic heterocycles. The molecule has 158 valence electrons. The molecule has 3 aromatic heterocycles. The number of benzene rings is 1. The van der Waals surface area contributed by atoms with Crippen molar-refractivity contribution in [1.29, 1.82) is 0 Å². The van der Waals surface area contributed by atoms with Gasteiger partial charge >= 0.3 is 0 Å². The summed E-state index contributed by atoms with van der Waals surface area (Å²) in [6.07, 6.45) is 3.02. The lowest BCUT2D eigenvalue weighted by Gasteiger charge is -2.33. The molecule has 4 heterocycles. The Hall–Kier alpha value is -3.37. The van der Waals surface area contributed by atoms with E-state index in [4.69, 9.17) is 4.52 Å². The van der Waals surface area contributed by atoms with Crippen molar-refractivity contribution in [2.75, 3.05) is 26.2 Å². The number of hydrogen-bond donors (Lipinski definition) is 0. The lowest BCUT2D eigenvalue weighted by molar-refractivity contribution is 0.0613. The normalized spacial score (nSPS) is 14.9. The number of aromatic nitrogens is 4. The van der Waals surface area contributed by atoms with E-state index in [1.807, 2.05) is 31.2 Å². The molecule has 1 saturated heterocycles. The van der Waals surface area contributed by atoms with E-state index in [9.17, 15) is 9.59 Å². The number of carbonyl (C=O) groups is 1. The molecule has 1 aliphatic rings. The first-order valence-electron chi connectivity index (χ1n) is 9.94. The highest BCUT2D eigenvalue weighted by atomic mass is 32.1. The molecule has 0 atom stereocenters. The number of fused-ring (bicyclic) bond motifs is 1. The Balaban J connectivity index is 1.21. The molecule has 10 heteroatoms. The summed E-state index contributed by atoms with van der Waals surface area (Å²) in [4.78, 5) is 38.5. The minimum absolute atomic E-state index is 0.101. The number of rotatable bonds is 4. The van der Waals surface area contributed by atoms with Gasteiger partial charge in [-0.15, -0.1) is 11.3 Å². The minimum atomic E-state index is -0.326. The van der Waals surface area contributed by atoms with Gasteiger partial charge in [-0.25, -0.2) is 4.98 Å². The number of hydrogen-bond acceptors (Lipinski definition) is 8. The van der Waals surface area contributed by atoms with Crippen molar-refractivity contribution in [1.82, 2.24) is 29.3 Å². The van der Waals surface area contributed by atoms with Gasteiger partial charge in [0.2, 0.25) is 11.7 Å². The van der Waals surface area contributed by atoms with Crippen LogP contribution in [0.1, 0.15) is 21.8 Å². The Morgan fingerprint density at radius 2 is 1.94 bits per heavy atom. The molecule has 1 amide bonds. The van der Waals surface area contributed by atoms with E-state index in [0.717, 1.165) is 5.56 Å². The van der Waals surface area contributed by atoms with Gasteiger partial charge in [0.25, 0.3) is 11.5 Å². The number of carbonyl (C=O) groups excluding carboxylic acids is 1. The highest BCUT2D eigenvalue weighted by molar-refractivity contribution is 7.15. The lowest BCUT2D eigenvalue weighted by Crippen LogP contribution is -2.49. The van der Waals surface area contributed by atoms with E-state index in [1.54, 1.807) is 16.5 Å². The summed E-state index contributed by atoms with van der Waals surface area (Å²) in [5.74, 6) is 0.832. The van der Waals surface area contributed by atoms with Crippen molar-refractivity contribution < 1.29 is 9.32 Å². The van der Waals surface area contributed by atoms with Crippen LogP contribution < -0.4 is 5.56 Å². The third-order valence-electron chi connectivity index (χ3n) is 5.37. The van der Waals surface area contributed by atoms with Crippen LogP contribution in [-0.2, 0) is 6.54 Å². The first-order chi connectivity index (χ1) is 15.1. The summed E-state index contributed by atoms with van der Waals surface area (Å²) >= 11 is 1.36. The standard InChI is InChI=1S/C21H20N6O3S/c1-14-2-4-15(5-3-14)18-23-17(30-24-18)13-25-6-8-26(9-7-25)19(28)16-12-22-21-27(20(16)29)10-11-31-21/h2-5,10-12H,6-9,13H2,1H3. The Kier molecular flexibility index (Phi) is 5.08. The van der Waals surface area contributed by atoms with Crippen LogP contribution in [0, 0.1) is 6.92 Å². The summed E-state index contributed by atoms with van der Waals surface area (Å²) < 4.78 is 6.82. The Labute approximate surface area is 181 Å². The van der Waals surface area contributed by atoms with Gasteiger partial charge in [-0.2, -0.15) is 4.98 Å². The van der Waals surface area contributed by atoms with E-state index in [2.05, 4.69) is 20.0 Å². The molecule has 0 saturated carbocycles. The molecule has 1 fully saturated rings. The molecular formula is C21H20N6O3S. The van der Waals surface area contributed by atoms with Crippen LogP contribution in [-0.4, -0.2) is 61.4 Å². The zero-order chi connectivity index (χ0) is 21.4. The molecular weight excluding hydrogens is 416 g/mol. The van der Waals surface area contributed by atoms with Gasteiger partial charge in [0.1, 0.15) is 5.56 Å². The van der Waals surface area contributed by atoms with Gasteiger partial charge in [0, 0.05) is 49.5 Å². The van der Waals surface area contributed by atoms with Crippen molar-refractivity contribution in [2.45, 2.75) is 13.5 Å². The lowest BCUT2D eigenvalue weighted by atomic mass is 10.1. The maximum absolute atomic E-state index is 12.9. The van der Waals surface area contributed by atoms with Gasteiger partial charge in [-0.3, -0.25) is 18.9 Å². The summed E-state index contributed by atoms with van der Waals surface area (Å²) in [5.41, 5.74) is 1.87. The third-order valence-corrected chi connectivity index (χ3v) is 6.14. The maximum atomic E-state index is 12.9. The van der Waals surface area contributed by atoms with Crippen LogP contribution in [0.3, 0.4) is 0 Å². The average Bonchev–Trinajstić information content (AvgIpc) is 3.45. The maximum Gasteiger partial charge on any atom is 0.271 e. The molecule has 31 heavy (non-hydrogen) atoms. The molecule has 0 N–H and O–H groups in total. The van der Waals surface area contributed by atoms with Gasteiger partial charge in [0.15, 0.2) is 4.96 Å². The van der Waals surface area contributed by atoms with Crippen LogP contribution in [0.15, 0.2) is 51.4 Å². The van der Waals surface area contributed by atoms with Crippen LogP contribution in [0.4, 0.5) is 0 Å². The van der Waals surface area contributed by atoms with Crippen molar-refractivity contribution in [2.24, 2.45) is 0 Å². The fraction of sp³-hybridized carbons (Fsp3) is 0.286. The number of aryl methyl sites for hydroxylation is 1. The molecule has 0 unspecified atom stereocenters. The molecule has 4 aromatic rings. The largest absolute Gasteiger partial charge is 0.338 e. The van der Waals surface area contributed by atoms with Crippen molar-refractivity contribution in [3.8, 4) is 11.4 Å². The zero-order valence-corrected chi connectivity index (χ0v) is 17.7. The summed E-state index contributed by atoms with van der Waals surface area (Å²) in [6, 6.07) is 7.97. The summed E-state index contributed by atoms with van der Waals surface area (Å²) in [6.45, 7) is 4.90. The van der Waals surface area contributed by atoms with Crippen LogP contribution in [0.2, 0.25) is 0 Å². The average molecular weight is 436 g/mol. The SMILES string of the molecule is Cc1ccc(-c2noc(CN3CCN(C(=O)c4cnc5sccn5c4=O)CC3)n2)cc1. The highest BCUT2D eigenvalue weighted by Gasteiger charge is 2.26. The number of nitrogens with zero attached hydrogens (tertiary/aromatic N) is 6. The third kappa shape index (κ3) is 3.87. The second-order valence-corrected chi connectivity index (χ2v) is 8.35. The van der Waals surface area contributed by atoms with E-state index in [0.29, 0.717) is 49.4 Å². The summed E-state index contributed by atoms with van der Waals surface area (Å²) in [7, 11) is 0. The Morgan fingerprint density at radius 3 is 2.71 bits per heavy atom. The molecule has 5 rings (SSSR count). The fourth-order valence-electron chi connectivity index (χ4n) is 3.58. The Morgan fingerprint density at radius 1 is 1.16 bits per heavy atom. The molecule has 1 aromatic carbocycles. The molecule has 9 nitrogen and oxygen atoms in total. The van der Waals surface area contributed by atoms with E-state index in [1.165, 1.54) is 27.5 Å². The second kappa shape index (κ2) is 8.05. The topological polar surface area (TPSA) is 96.8 Å².